The maximum Gasteiger partial charge on any atom is 0.243 e. The molecule has 0 aromatic heterocycles. The van der Waals surface area contributed by atoms with Crippen LogP contribution in [-0.4, -0.2) is 55.5 Å². The minimum absolute atomic E-state index is 0.436. The highest BCUT2D eigenvalue weighted by Gasteiger charge is 2.39. The zero-order valence-corrected chi connectivity index (χ0v) is 13.0. The molecule has 0 aliphatic carbocycles. The molecule has 1 aliphatic heterocycles. The van der Waals surface area contributed by atoms with Crippen LogP contribution in [0.2, 0.25) is 0 Å². The summed E-state index contributed by atoms with van der Waals surface area (Å²) >= 11 is 0. The average Bonchev–Trinajstić information content (AvgIpc) is 2.85. The van der Waals surface area contributed by atoms with Crippen LogP contribution in [0.5, 0.6) is 0 Å². The van der Waals surface area contributed by atoms with Crippen molar-refractivity contribution >= 4 is 5.91 Å². The molecule has 2 atom stereocenters. The van der Waals surface area contributed by atoms with Gasteiger partial charge in [0, 0.05) is 19.1 Å². The van der Waals surface area contributed by atoms with Gasteiger partial charge in [0.05, 0.1) is 0 Å². The quantitative estimate of drug-likeness (QED) is 0.793. The molecule has 0 radical (unpaired) electrons. The Bertz CT molecular complexity index is 476. The van der Waals surface area contributed by atoms with Crippen LogP contribution >= 0.6 is 0 Å². The molecule has 0 saturated carbocycles. The lowest BCUT2D eigenvalue weighted by Crippen LogP contribution is -2.57. The minimum atomic E-state index is -1.13. The van der Waals surface area contributed by atoms with E-state index in [1.54, 1.807) is 0 Å². The summed E-state index contributed by atoms with van der Waals surface area (Å²) in [5.74, 6) is -0.468. The second kappa shape index (κ2) is 6.56. The number of rotatable bonds is 6. The number of likely N-dealkylation sites (N-methyl/N-ethyl adjacent to an activating group) is 1. The van der Waals surface area contributed by atoms with Crippen LogP contribution in [0.3, 0.4) is 0 Å². The van der Waals surface area contributed by atoms with Gasteiger partial charge in [-0.25, -0.2) is 0 Å². The predicted molar refractivity (Wildman–Crippen MR) is 84.7 cm³/mol. The zero-order chi connectivity index (χ0) is 15.5. The van der Waals surface area contributed by atoms with Crippen molar-refractivity contribution in [1.29, 1.82) is 0 Å². The van der Waals surface area contributed by atoms with Gasteiger partial charge in [-0.3, -0.25) is 9.69 Å². The molecular weight excluding hydrogens is 264 g/mol. The molecule has 1 amide bonds. The normalized spacial score (nSPS) is 22.4. The summed E-state index contributed by atoms with van der Waals surface area (Å²) in [6.45, 7) is 2.42. The Kier molecular flexibility index (Phi) is 4.98. The Morgan fingerprint density at radius 1 is 1.38 bits per heavy atom. The first-order valence-electron chi connectivity index (χ1n) is 7.46. The van der Waals surface area contributed by atoms with Crippen molar-refractivity contribution in [2.75, 3.05) is 33.7 Å². The van der Waals surface area contributed by atoms with Crippen molar-refractivity contribution in [1.82, 2.24) is 9.80 Å². The first-order valence-corrected chi connectivity index (χ1v) is 7.46. The summed E-state index contributed by atoms with van der Waals surface area (Å²) in [6.07, 6.45) is 2.28. The van der Waals surface area contributed by atoms with E-state index in [4.69, 9.17) is 11.5 Å². The van der Waals surface area contributed by atoms with E-state index in [-0.39, 0.29) is 0 Å². The van der Waals surface area contributed by atoms with Crippen molar-refractivity contribution < 1.29 is 4.79 Å². The Hall–Kier alpha value is -1.43. The van der Waals surface area contributed by atoms with E-state index in [0.29, 0.717) is 12.6 Å². The lowest BCUT2D eigenvalue weighted by molar-refractivity contribution is -0.124. The molecule has 4 N–H and O–H groups in total. The molecule has 0 spiro atoms. The van der Waals surface area contributed by atoms with Gasteiger partial charge < -0.3 is 16.4 Å². The van der Waals surface area contributed by atoms with Crippen LogP contribution in [0.1, 0.15) is 18.4 Å². The predicted octanol–water partition coefficient (Wildman–Crippen LogP) is 0.352. The number of likely N-dealkylation sites (tertiary alicyclic amines) is 1. The van der Waals surface area contributed by atoms with Crippen molar-refractivity contribution in [2.24, 2.45) is 11.5 Å². The summed E-state index contributed by atoms with van der Waals surface area (Å²) in [5, 5.41) is 0. The first kappa shape index (κ1) is 15.9. The number of amides is 1. The topological polar surface area (TPSA) is 75.6 Å². The maximum absolute atomic E-state index is 12.0. The van der Waals surface area contributed by atoms with Gasteiger partial charge in [-0.15, -0.1) is 0 Å². The van der Waals surface area contributed by atoms with Crippen molar-refractivity contribution in [3.63, 3.8) is 0 Å². The maximum atomic E-state index is 12.0. The summed E-state index contributed by atoms with van der Waals surface area (Å²) in [4.78, 5) is 16.5. The summed E-state index contributed by atoms with van der Waals surface area (Å²) in [5.41, 5.74) is 11.7. The van der Waals surface area contributed by atoms with Gasteiger partial charge in [0.15, 0.2) is 0 Å². The number of benzene rings is 1. The van der Waals surface area contributed by atoms with Gasteiger partial charge in [0.25, 0.3) is 0 Å². The molecule has 2 rings (SSSR count). The molecule has 5 nitrogen and oxygen atoms in total. The second-order valence-corrected chi connectivity index (χ2v) is 6.23. The van der Waals surface area contributed by atoms with Gasteiger partial charge in [-0.1, -0.05) is 30.3 Å². The van der Waals surface area contributed by atoms with Crippen LogP contribution in [0.15, 0.2) is 30.3 Å². The van der Waals surface area contributed by atoms with Gasteiger partial charge in [-0.05, 0) is 39.0 Å². The standard InChI is InChI=1S/C16H26N4O/c1-19(2)11-14-9-6-10-20(14)12-16(18,15(17)21)13-7-4-3-5-8-13/h3-5,7-8,14H,6,9-12,18H2,1-2H3,(H2,17,21). The monoisotopic (exact) mass is 290 g/mol. The highest BCUT2D eigenvalue weighted by Crippen LogP contribution is 2.25. The third-order valence-electron chi connectivity index (χ3n) is 4.26. The highest BCUT2D eigenvalue weighted by atomic mass is 16.1. The largest absolute Gasteiger partial charge is 0.368 e. The molecule has 1 fully saturated rings. The molecule has 1 aliphatic rings. The number of primary amides is 1. The van der Waals surface area contributed by atoms with E-state index in [0.717, 1.165) is 31.5 Å². The molecule has 116 valence electrons. The number of carbonyl (C=O) groups is 1. The molecule has 2 unspecified atom stereocenters. The number of nitrogens with zero attached hydrogens (tertiary/aromatic N) is 2. The van der Waals surface area contributed by atoms with Crippen LogP contribution in [0, 0.1) is 0 Å². The summed E-state index contributed by atoms with van der Waals surface area (Å²) in [7, 11) is 4.13. The first-order chi connectivity index (χ1) is 9.93. The fourth-order valence-electron chi connectivity index (χ4n) is 3.10. The molecule has 1 saturated heterocycles. The van der Waals surface area contributed by atoms with Gasteiger partial charge in [0.1, 0.15) is 5.54 Å². The molecule has 5 heteroatoms. The number of nitrogens with two attached hydrogens (primary N) is 2. The van der Waals surface area contributed by atoms with Crippen LogP contribution < -0.4 is 11.5 Å². The summed E-state index contributed by atoms with van der Waals surface area (Å²) < 4.78 is 0. The van der Waals surface area contributed by atoms with E-state index < -0.39 is 11.4 Å². The van der Waals surface area contributed by atoms with Gasteiger partial charge in [-0.2, -0.15) is 0 Å². The Balaban J connectivity index is 2.18. The molecule has 1 aromatic carbocycles. The molecule has 1 heterocycles. The second-order valence-electron chi connectivity index (χ2n) is 6.23. The van der Waals surface area contributed by atoms with E-state index in [9.17, 15) is 4.79 Å². The van der Waals surface area contributed by atoms with Gasteiger partial charge >= 0.3 is 0 Å². The van der Waals surface area contributed by atoms with Crippen LogP contribution in [0.25, 0.3) is 0 Å². The van der Waals surface area contributed by atoms with E-state index >= 15 is 0 Å². The highest BCUT2D eigenvalue weighted by molar-refractivity contribution is 5.86. The Labute approximate surface area is 126 Å². The SMILES string of the molecule is CN(C)CC1CCCN1CC(N)(C(N)=O)c1ccccc1. The Morgan fingerprint density at radius 2 is 2.05 bits per heavy atom. The molecule has 0 bridgehead atoms. The van der Waals surface area contributed by atoms with Crippen molar-refractivity contribution in [3.05, 3.63) is 35.9 Å². The molecule has 21 heavy (non-hydrogen) atoms. The smallest absolute Gasteiger partial charge is 0.243 e. The van der Waals surface area contributed by atoms with Crippen LogP contribution in [0.4, 0.5) is 0 Å². The number of hydrogen-bond donors (Lipinski definition) is 2. The lowest BCUT2D eigenvalue weighted by atomic mass is 9.89. The third kappa shape index (κ3) is 3.61. The van der Waals surface area contributed by atoms with Crippen molar-refractivity contribution in [2.45, 2.75) is 24.4 Å². The average molecular weight is 290 g/mol. The van der Waals surface area contributed by atoms with Gasteiger partial charge in [0.2, 0.25) is 5.91 Å². The summed E-state index contributed by atoms with van der Waals surface area (Å²) in [6, 6.07) is 9.88. The molecular formula is C16H26N4O. The number of carbonyl (C=O) groups excluding carboxylic acids is 1. The number of hydrogen-bond acceptors (Lipinski definition) is 4. The minimum Gasteiger partial charge on any atom is -0.368 e. The lowest BCUT2D eigenvalue weighted by Gasteiger charge is -2.35. The van der Waals surface area contributed by atoms with Crippen LogP contribution in [-0.2, 0) is 10.3 Å². The van der Waals surface area contributed by atoms with E-state index in [2.05, 4.69) is 23.9 Å². The zero-order valence-electron chi connectivity index (χ0n) is 13.0. The van der Waals surface area contributed by atoms with E-state index in [1.165, 1.54) is 0 Å². The fraction of sp³-hybridized carbons (Fsp3) is 0.562. The van der Waals surface area contributed by atoms with E-state index in [1.807, 2.05) is 30.3 Å². The Morgan fingerprint density at radius 3 is 2.62 bits per heavy atom. The third-order valence-corrected chi connectivity index (χ3v) is 4.26. The fourth-order valence-corrected chi connectivity index (χ4v) is 3.10. The molecule has 1 aromatic rings. The van der Waals surface area contributed by atoms with Crippen molar-refractivity contribution in [3.8, 4) is 0 Å².